The molecule has 1 aromatic heterocycles. The highest BCUT2D eigenvalue weighted by Crippen LogP contribution is 2.65. The first-order valence-corrected chi connectivity index (χ1v) is 19.8. The Hall–Kier alpha value is -6.74. The fourth-order valence-electron chi connectivity index (χ4n) is 9.95. The first-order chi connectivity index (χ1) is 27.3. The predicted molar refractivity (Wildman–Crippen MR) is 233 cm³/mol. The van der Waals surface area contributed by atoms with E-state index in [2.05, 4.69) is 205 Å². The lowest BCUT2D eigenvalue weighted by molar-refractivity contribution is 0.794. The van der Waals surface area contributed by atoms with E-state index in [0.29, 0.717) is 0 Å². The Morgan fingerprint density at radius 3 is 1.69 bits per heavy atom. The van der Waals surface area contributed by atoms with Crippen LogP contribution >= 0.6 is 11.3 Å². The van der Waals surface area contributed by atoms with E-state index in [9.17, 15) is 0 Å². The van der Waals surface area contributed by atoms with E-state index in [1.807, 2.05) is 11.3 Å². The summed E-state index contributed by atoms with van der Waals surface area (Å²) in [6, 6.07) is 74.4. The van der Waals surface area contributed by atoms with Crippen molar-refractivity contribution in [3.63, 3.8) is 0 Å². The van der Waals surface area contributed by atoms with E-state index in [0.717, 1.165) is 5.69 Å². The molecule has 9 aromatic carbocycles. The van der Waals surface area contributed by atoms with Gasteiger partial charge in [0.25, 0.3) is 0 Å². The SMILES string of the molecule is c1ccc(-c2ccccc2N(c2cccc3c2-c2ccccc2C32c3ccccc3-c3ccccc32)c2cc3ccccc3c3c2sc2ccccc23)cc1. The summed E-state index contributed by atoms with van der Waals surface area (Å²) in [5.74, 6) is 0. The maximum atomic E-state index is 2.59. The summed E-state index contributed by atoms with van der Waals surface area (Å²) in [5.41, 5.74) is 16.1. The van der Waals surface area contributed by atoms with Crippen LogP contribution in [0, 0.1) is 0 Å². The molecule has 2 heteroatoms. The van der Waals surface area contributed by atoms with Gasteiger partial charge in [-0.05, 0) is 79.5 Å². The molecule has 2 aliphatic carbocycles. The van der Waals surface area contributed by atoms with Crippen molar-refractivity contribution in [3.8, 4) is 33.4 Å². The van der Waals surface area contributed by atoms with Crippen molar-refractivity contribution >= 4 is 59.3 Å². The standard InChI is InChI=1S/C53H33NS/c1-2-17-34(18-3-1)36-20-9-14-30-46(36)54(48-33-35-19-4-5-21-37(35)50-41-25-10-15-32-49(41)55-52(48)50)47-31-16-29-45-51(47)40-24-8-13-28-44(40)53(45)42-26-11-6-22-38(42)39-23-7-12-27-43(39)53/h1-33H. The second kappa shape index (κ2) is 11.6. The summed E-state index contributed by atoms with van der Waals surface area (Å²) < 4.78 is 2.59. The van der Waals surface area contributed by atoms with Crippen LogP contribution in [0.1, 0.15) is 22.3 Å². The lowest BCUT2D eigenvalue weighted by atomic mass is 9.70. The Morgan fingerprint density at radius 1 is 0.382 bits per heavy atom. The molecule has 256 valence electrons. The van der Waals surface area contributed by atoms with E-state index in [1.54, 1.807) is 0 Å². The second-order valence-corrected chi connectivity index (χ2v) is 15.8. The van der Waals surface area contributed by atoms with Crippen molar-refractivity contribution in [2.75, 3.05) is 4.90 Å². The van der Waals surface area contributed by atoms with Crippen LogP contribution in [0.25, 0.3) is 64.3 Å². The molecule has 0 atom stereocenters. The van der Waals surface area contributed by atoms with Gasteiger partial charge in [0.2, 0.25) is 0 Å². The van der Waals surface area contributed by atoms with E-state index in [-0.39, 0.29) is 0 Å². The van der Waals surface area contributed by atoms with Gasteiger partial charge in [-0.1, -0.05) is 176 Å². The average molecular weight is 716 g/mol. The van der Waals surface area contributed by atoms with Crippen LogP contribution < -0.4 is 4.90 Å². The van der Waals surface area contributed by atoms with Crippen LogP contribution in [0.5, 0.6) is 0 Å². The summed E-state index contributed by atoms with van der Waals surface area (Å²) in [5, 5.41) is 5.15. The summed E-state index contributed by atoms with van der Waals surface area (Å²) in [6.45, 7) is 0. The first kappa shape index (κ1) is 30.7. The largest absolute Gasteiger partial charge is 0.308 e. The predicted octanol–water partition coefficient (Wildman–Crippen LogP) is 14.7. The molecule has 0 N–H and O–H groups in total. The van der Waals surface area contributed by atoms with E-state index in [4.69, 9.17) is 0 Å². The molecule has 55 heavy (non-hydrogen) atoms. The summed E-state index contributed by atoms with van der Waals surface area (Å²) in [4.78, 5) is 2.59. The van der Waals surface area contributed by atoms with Gasteiger partial charge in [0, 0.05) is 26.6 Å². The number of fused-ring (bicyclic) bond motifs is 15. The average Bonchev–Trinajstić information content (AvgIpc) is 3.90. The maximum absolute atomic E-state index is 2.59. The van der Waals surface area contributed by atoms with Crippen molar-refractivity contribution in [2.45, 2.75) is 5.41 Å². The smallest absolute Gasteiger partial charge is 0.0726 e. The molecule has 10 aromatic rings. The molecule has 0 saturated carbocycles. The fraction of sp³-hybridized carbons (Fsp3) is 0.0189. The summed E-state index contributed by atoms with van der Waals surface area (Å²) >= 11 is 1.90. The van der Waals surface area contributed by atoms with E-state index in [1.165, 1.54) is 98.0 Å². The van der Waals surface area contributed by atoms with Gasteiger partial charge in [0.15, 0.2) is 0 Å². The lowest BCUT2D eigenvalue weighted by Gasteiger charge is -2.32. The quantitative estimate of drug-likeness (QED) is 0.175. The van der Waals surface area contributed by atoms with Gasteiger partial charge in [0.05, 0.1) is 27.2 Å². The second-order valence-electron chi connectivity index (χ2n) is 14.7. The van der Waals surface area contributed by atoms with Gasteiger partial charge in [-0.2, -0.15) is 0 Å². The minimum Gasteiger partial charge on any atom is -0.308 e. The third kappa shape index (κ3) is 4.12. The molecule has 0 bridgehead atoms. The highest BCUT2D eigenvalue weighted by atomic mass is 32.1. The molecular formula is C53H33NS. The van der Waals surface area contributed by atoms with Gasteiger partial charge >= 0.3 is 0 Å². The third-order valence-electron chi connectivity index (χ3n) is 12.1. The van der Waals surface area contributed by atoms with Crippen molar-refractivity contribution in [1.82, 2.24) is 0 Å². The molecule has 12 rings (SSSR count). The first-order valence-electron chi connectivity index (χ1n) is 19.0. The third-order valence-corrected chi connectivity index (χ3v) is 13.3. The molecule has 0 unspecified atom stereocenters. The molecule has 1 heterocycles. The number of para-hydroxylation sites is 1. The molecule has 1 nitrogen and oxygen atoms in total. The minimum atomic E-state index is -0.434. The zero-order valence-corrected chi connectivity index (χ0v) is 30.7. The van der Waals surface area contributed by atoms with Gasteiger partial charge in [-0.25, -0.2) is 0 Å². The number of anilines is 3. The number of nitrogens with zero attached hydrogens (tertiary/aromatic N) is 1. The normalized spacial score (nSPS) is 13.2. The Balaban J connectivity index is 1.25. The van der Waals surface area contributed by atoms with Gasteiger partial charge in [0.1, 0.15) is 0 Å². The lowest BCUT2D eigenvalue weighted by Crippen LogP contribution is -2.26. The molecule has 0 amide bonds. The van der Waals surface area contributed by atoms with Crippen molar-refractivity contribution < 1.29 is 0 Å². The minimum absolute atomic E-state index is 0.434. The molecule has 0 fully saturated rings. The molecular weight excluding hydrogens is 683 g/mol. The van der Waals surface area contributed by atoms with Crippen molar-refractivity contribution in [1.29, 1.82) is 0 Å². The molecule has 0 saturated heterocycles. The summed E-state index contributed by atoms with van der Waals surface area (Å²) in [7, 11) is 0. The zero-order chi connectivity index (χ0) is 36.1. The van der Waals surface area contributed by atoms with Crippen LogP contribution in [-0.4, -0.2) is 0 Å². The van der Waals surface area contributed by atoms with Crippen LogP contribution in [0.2, 0.25) is 0 Å². The van der Waals surface area contributed by atoms with E-state index < -0.39 is 5.41 Å². The zero-order valence-electron chi connectivity index (χ0n) is 29.9. The monoisotopic (exact) mass is 715 g/mol. The maximum Gasteiger partial charge on any atom is 0.0726 e. The fourth-order valence-corrected chi connectivity index (χ4v) is 11.2. The van der Waals surface area contributed by atoms with Gasteiger partial charge in [-0.15, -0.1) is 11.3 Å². The molecule has 0 aliphatic heterocycles. The van der Waals surface area contributed by atoms with Crippen LogP contribution in [0.3, 0.4) is 0 Å². The topological polar surface area (TPSA) is 3.24 Å². The van der Waals surface area contributed by atoms with Crippen LogP contribution in [0.4, 0.5) is 17.1 Å². The Bertz CT molecular complexity index is 3120. The number of rotatable bonds is 4. The van der Waals surface area contributed by atoms with Crippen LogP contribution in [-0.2, 0) is 5.41 Å². The summed E-state index contributed by atoms with van der Waals surface area (Å²) in [6.07, 6.45) is 0. The highest BCUT2D eigenvalue weighted by Gasteiger charge is 2.52. The molecule has 1 spiro atoms. The van der Waals surface area contributed by atoms with E-state index >= 15 is 0 Å². The van der Waals surface area contributed by atoms with Crippen LogP contribution in [0.15, 0.2) is 200 Å². The number of hydrogen-bond donors (Lipinski definition) is 0. The number of thiophene rings is 1. The van der Waals surface area contributed by atoms with Gasteiger partial charge in [-0.3, -0.25) is 0 Å². The molecule has 0 radical (unpaired) electrons. The molecule has 2 aliphatic rings. The van der Waals surface area contributed by atoms with Crippen molar-refractivity contribution in [2.24, 2.45) is 0 Å². The number of benzene rings is 9. The Labute approximate surface area is 324 Å². The van der Waals surface area contributed by atoms with Crippen molar-refractivity contribution in [3.05, 3.63) is 222 Å². The van der Waals surface area contributed by atoms with Gasteiger partial charge < -0.3 is 4.90 Å². The number of hydrogen-bond acceptors (Lipinski definition) is 2. The Morgan fingerprint density at radius 2 is 0.927 bits per heavy atom. The Kier molecular flexibility index (Phi) is 6.49. The highest BCUT2D eigenvalue weighted by molar-refractivity contribution is 7.26.